The second kappa shape index (κ2) is 4.03. The number of nitrogens with two attached hydrogens (primary N) is 1. The quantitative estimate of drug-likeness (QED) is 0.673. The van der Waals surface area contributed by atoms with Crippen LogP contribution in [0, 0.1) is 3.70 Å². The monoisotopic (exact) mass is 300 g/mol. The molecule has 0 spiro atoms. The fraction of sp³-hybridized carbons (Fsp3) is 0.286. The van der Waals surface area contributed by atoms with Gasteiger partial charge in [0.1, 0.15) is 15.1 Å². The molecule has 0 amide bonds. The summed E-state index contributed by atoms with van der Waals surface area (Å²) < 4.78 is 29.8. The predicted octanol–water partition coefficient (Wildman–Crippen LogP) is 2.21. The minimum Gasteiger partial charge on any atom is -0.495 e. The topological polar surface area (TPSA) is 48.1 Å². The lowest BCUT2D eigenvalue weighted by Crippen LogP contribution is -2.01. The maximum absolute atomic E-state index is 12.3. The smallest absolute Gasteiger partial charge is 0.284 e. The number of anilines is 1. The molecule has 6 heteroatoms. The third-order valence-electron chi connectivity index (χ3n) is 1.42. The van der Waals surface area contributed by atoms with Crippen LogP contribution >= 0.6 is 22.6 Å². The molecule has 1 aromatic rings. The van der Waals surface area contributed by atoms with Crippen molar-refractivity contribution in [3.05, 3.63) is 15.5 Å². The Bertz CT molecular complexity index is 320. The highest BCUT2D eigenvalue weighted by Gasteiger charge is 2.17. The van der Waals surface area contributed by atoms with Crippen molar-refractivity contribution in [2.75, 3.05) is 12.8 Å². The SMILES string of the molecule is COc1cc(N)c(I)nc1C(F)F. The van der Waals surface area contributed by atoms with Gasteiger partial charge in [-0.05, 0) is 22.6 Å². The molecule has 0 aliphatic heterocycles. The van der Waals surface area contributed by atoms with E-state index in [1.54, 1.807) is 22.6 Å². The molecule has 0 bridgehead atoms. The van der Waals surface area contributed by atoms with Crippen LogP contribution in [-0.2, 0) is 0 Å². The lowest BCUT2D eigenvalue weighted by molar-refractivity contribution is 0.141. The molecule has 0 aliphatic carbocycles. The van der Waals surface area contributed by atoms with Crippen LogP contribution in [-0.4, -0.2) is 12.1 Å². The van der Waals surface area contributed by atoms with E-state index in [4.69, 9.17) is 10.5 Å². The Hall–Kier alpha value is -0.660. The molecule has 72 valence electrons. The first-order valence-electron chi connectivity index (χ1n) is 3.34. The van der Waals surface area contributed by atoms with Crippen molar-refractivity contribution < 1.29 is 13.5 Å². The maximum Gasteiger partial charge on any atom is 0.284 e. The lowest BCUT2D eigenvalue weighted by Gasteiger charge is -2.08. The number of nitrogens with zero attached hydrogens (tertiary/aromatic N) is 1. The number of aromatic nitrogens is 1. The molecule has 1 rings (SSSR count). The molecule has 0 saturated heterocycles. The van der Waals surface area contributed by atoms with Crippen molar-refractivity contribution in [1.82, 2.24) is 4.98 Å². The molecule has 2 N–H and O–H groups in total. The average Bonchev–Trinajstić information content (AvgIpc) is 2.08. The first-order valence-corrected chi connectivity index (χ1v) is 4.42. The molecular weight excluding hydrogens is 293 g/mol. The molecule has 1 aromatic heterocycles. The van der Waals surface area contributed by atoms with Crippen molar-refractivity contribution >= 4 is 28.3 Å². The van der Waals surface area contributed by atoms with Crippen LogP contribution < -0.4 is 10.5 Å². The molecule has 1 heterocycles. The van der Waals surface area contributed by atoms with E-state index in [1.165, 1.54) is 13.2 Å². The fourth-order valence-electron chi connectivity index (χ4n) is 0.820. The second-order valence-corrected chi connectivity index (χ2v) is 3.28. The third kappa shape index (κ3) is 2.17. The highest BCUT2D eigenvalue weighted by atomic mass is 127. The summed E-state index contributed by atoms with van der Waals surface area (Å²) in [6.07, 6.45) is -2.65. The van der Waals surface area contributed by atoms with Crippen LogP contribution in [0.15, 0.2) is 6.07 Å². The molecule has 0 aromatic carbocycles. The van der Waals surface area contributed by atoms with Crippen molar-refractivity contribution in [3.8, 4) is 5.75 Å². The number of methoxy groups -OCH3 is 1. The Morgan fingerprint density at radius 3 is 2.69 bits per heavy atom. The van der Waals surface area contributed by atoms with Gasteiger partial charge in [-0.1, -0.05) is 0 Å². The molecule has 0 radical (unpaired) electrons. The Morgan fingerprint density at radius 2 is 2.23 bits per heavy atom. The van der Waals surface area contributed by atoms with Gasteiger partial charge in [0.05, 0.1) is 12.8 Å². The standard InChI is InChI=1S/C7H7F2IN2O/c1-13-4-2-3(11)7(10)12-5(4)6(8)9/h2,6H,11H2,1H3. The molecule has 0 saturated carbocycles. The van der Waals surface area contributed by atoms with E-state index < -0.39 is 6.43 Å². The second-order valence-electron chi connectivity index (χ2n) is 2.26. The first-order chi connectivity index (χ1) is 6.06. The number of ether oxygens (including phenoxy) is 1. The molecule has 0 atom stereocenters. The summed E-state index contributed by atoms with van der Waals surface area (Å²) in [4.78, 5) is 3.63. The highest BCUT2D eigenvalue weighted by Crippen LogP contribution is 2.30. The van der Waals surface area contributed by atoms with Crippen LogP contribution in [0.1, 0.15) is 12.1 Å². The number of alkyl halides is 2. The largest absolute Gasteiger partial charge is 0.495 e. The molecule has 13 heavy (non-hydrogen) atoms. The maximum atomic E-state index is 12.3. The Labute approximate surface area is 87.4 Å². The number of rotatable bonds is 2. The fourth-order valence-corrected chi connectivity index (χ4v) is 1.24. The number of nitrogen functional groups attached to an aromatic ring is 1. The van der Waals surface area contributed by atoms with Crippen LogP contribution in [0.5, 0.6) is 5.75 Å². The van der Waals surface area contributed by atoms with Gasteiger partial charge >= 0.3 is 0 Å². The zero-order valence-corrected chi connectivity index (χ0v) is 8.88. The Kier molecular flexibility index (Phi) is 3.23. The van der Waals surface area contributed by atoms with E-state index in [1.807, 2.05) is 0 Å². The molecule has 0 aliphatic rings. The Morgan fingerprint density at radius 1 is 1.62 bits per heavy atom. The van der Waals surface area contributed by atoms with Gasteiger partial charge < -0.3 is 10.5 Å². The van der Waals surface area contributed by atoms with Crippen LogP contribution in [0.3, 0.4) is 0 Å². The number of hydrogen-bond donors (Lipinski definition) is 1. The van der Waals surface area contributed by atoms with Crippen molar-refractivity contribution in [2.24, 2.45) is 0 Å². The summed E-state index contributed by atoms with van der Waals surface area (Å²) >= 11 is 1.79. The number of hydrogen-bond acceptors (Lipinski definition) is 3. The van der Waals surface area contributed by atoms with Gasteiger partial charge in [-0.25, -0.2) is 13.8 Å². The predicted molar refractivity (Wildman–Crippen MR) is 52.9 cm³/mol. The van der Waals surface area contributed by atoms with Gasteiger partial charge in [-0.2, -0.15) is 0 Å². The summed E-state index contributed by atoms with van der Waals surface area (Å²) in [5, 5.41) is 0. The van der Waals surface area contributed by atoms with E-state index >= 15 is 0 Å². The average molecular weight is 300 g/mol. The van der Waals surface area contributed by atoms with Gasteiger partial charge in [-0.3, -0.25) is 0 Å². The Balaban J connectivity index is 3.25. The van der Waals surface area contributed by atoms with Crippen LogP contribution in [0.2, 0.25) is 0 Å². The van der Waals surface area contributed by atoms with Crippen molar-refractivity contribution in [1.29, 1.82) is 0 Å². The zero-order valence-electron chi connectivity index (χ0n) is 6.72. The zero-order chi connectivity index (χ0) is 10.0. The summed E-state index contributed by atoms with van der Waals surface area (Å²) in [6, 6.07) is 1.34. The van der Waals surface area contributed by atoms with Gasteiger partial charge in [0.15, 0.2) is 0 Å². The van der Waals surface area contributed by atoms with Gasteiger partial charge in [0, 0.05) is 6.07 Å². The van der Waals surface area contributed by atoms with Gasteiger partial charge in [-0.15, -0.1) is 0 Å². The molecule has 0 fully saturated rings. The molecule has 0 unspecified atom stereocenters. The number of pyridine rings is 1. The third-order valence-corrected chi connectivity index (χ3v) is 2.29. The summed E-state index contributed by atoms with van der Waals surface area (Å²) in [5.41, 5.74) is 5.43. The summed E-state index contributed by atoms with van der Waals surface area (Å²) in [5.74, 6) is 0.0212. The van der Waals surface area contributed by atoms with Crippen molar-refractivity contribution in [2.45, 2.75) is 6.43 Å². The normalized spacial score (nSPS) is 10.5. The lowest BCUT2D eigenvalue weighted by atomic mass is 10.3. The van der Waals surface area contributed by atoms with Gasteiger partial charge in [0.25, 0.3) is 6.43 Å². The van der Waals surface area contributed by atoms with E-state index in [9.17, 15) is 8.78 Å². The van der Waals surface area contributed by atoms with Crippen LogP contribution in [0.4, 0.5) is 14.5 Å². The molecular formula is C7H7F2IN2O. The first kappa shape index (κ1) is 10.4. The summed E-state index contributed by atoms with van der Waals surface area (Å²) in [6.45, 7) is 0. The van der Waals surface area contributed by atoms with E-state index in [2.05, 4.69) is 4.98 Å². The molecule has 3 nitrogen and oxygen atoms in total. The van der Waals surface area contributed by atoms with Crippen molar-refractivity contribution in [3.63, 3.8) is 0 Å². The minimum atomic E-state index is -2.65. The summed E-state index contributed by atoms with van der Waals surface area (Å²) in [7, 11) is 1.30. The van der Waals surface area contributed by atoms with E-state index in [-0.39, 0.29) is 11.4 Å². The van der Waals surface area contributed by atoms with E-state index in [0.717, 1.165) is 0 Å². The van der Waals surface area contributed by atoms with E-state index in [0.29, 0.717) is 9.39 Å². The minimum absolute atomic E-state index is 0.0212. The highest BCUT2D eigenvalue weighted by molar-refractivity contribution is 14.1. The van der Waals surface area contributed by atoms with Gasteiger partial charge in [0.2, 0.25) is 0 Å². The number of halogens is 3. The van der Waals surface area contributed by atoms with Crippen LogP contribution in [0.25, 0.3) is 0 Å².